The normalized spacial score (nSPS) is 15.1. The number of aromatic nitrogens is 1. The fourth-order valence-corrected chi connectivity index (χ4v) is 2.95. The molecule has 0 spiro atoms. The maximum atomic E-state index is 12.3. The second-order valence-electron chi connectivity index (χ2n) is 6.41. The second kappa shape index (κ2) is 7.28. The third kappa shape index (κ3) is 4.84. The standard InChI is InChI=1S/C15H27N3O3S/c1-9(2)11(5)17-15(19)14-7-13(8-16-14)22(20,21)18-12(6)10(3)4/h7-12,16,18H,1-6H3,(H,17,19)/t11-,12-/m0/s1. The molecule has 1 rings (SSSR count). The number of carbonyl (C=O) groups excluding carboxylic acids is 1. The van der Waals surface area contributed by atoms with Gasteiger partial charge in [-0.1, -0.05) is 27.7 Å². The van der Waals surface area contributed by atoms with Gasteiger partial charge in [-0.2, -0.15) is 0 Å². The van der Waals surface area contributed by atoms with Crippen molar-refractivity contribution in [3.05, 3.63) is 18.0 Å². The van der Waals surface area contributed by atoms with Crippen LogP contribution in [0.3, 0.4) is 0 Å². The lowest BCUT2D eigenvalue weighted by molar-refractivity contribution is 0.0926. The van der Waals surface area contributed by atoms with Crippen LogP contribution in [0.25, 0.3) is 0 Å². The molecule has 0 saturated heterocycles. The highest BCUT2D eigenvalue weighted by Crippen LogP contribution is 2.13. The van der Waals surface area contributed by atoms with Crippen molar-refractivity contribution in [3.63, 3.8) is 0 Å². The Morgan fingerprint density at radius 3 is 2.09 bits per heavy atom. The van der Waals surface area contributed by atoms with Gasteiger partial charge >= 0.3 is 0 Å². The lowest BCUT2D eigenvalue weighted by atomic mass is 10.1. The van der Waals surface area contributed by atoms with Gasteiger partial charge in [0.1, 0.15) is 10.6 Å². The minimum absolute atomic E-state index is 0.00921. The molecular formula is C15H27N3O3S. The Morgan fingerprint density at radius 2 is 1.59 bits per heavy atom. The van der Waals surface area contributed by atoms with Crippen LogP contribution in [0.15, 0.2) is 17.2 Å². The molecule has 1 heterocycles. The highest BCUT2D eigenvalue weighted by Gasteiger charge is 2.22. The van der Waals surface area contributed by atoms with E-state index in [0.717, 1.165) is 0 Å². The van der Waals surface area contributed by atoms with E-state index in [-0.39, 0.29) is 34.5 Å². The largest absolute Gasteiger partial charge is 0.356 e. The first-order valence-corrected chi connectivity index (χ1v) is 9.04. The summed E-state index contributed by atoms with van der Waals surface area (Å²) in [6, 6.07) is 1.19. The molecule has 0 aliphatic carbocycles. The van der Waals surface area contributed by atoms with Crippen LogP contribution in [0.1, 0.15) is 52.0 Å². The summed E-state index contributed by atoms with van der Waals surface area (Å²) in [6.45, 7) is 11.6. The average Bonchev–Trinajstić information content (AvgIpc) is 2.88. The molecular weight excluding hydrogens is 302 g/mol. The summed E-state index contributed by atoms with van der Waals surface area (Å²) in [4.78, 5) is 14.9. The van der Waals surface area contributed by atoms with Gasteiger partial charge in [0.25, 0.3) is 5.91 Å². The molecule has 0 aliphatic heterocycles. The highest BCUT2D eigenvalue weighted by molar-refractivity contribution is 7.89. The second-order valence-corrected chi connectivity index (χ2v) is 8.12. The number of H-pyrrole nitrogens is 1. The minimum atomic E-state index is -3.62. The third-order valence-electron chi connectivity index (χ3n) is 3.91. The van der Waals surface area contributed by atoms with Gasteiger partial charge in [0.15, 0.2) is 0 Å². The summed E-state index contributed by atoms with van der Waals surface area (Å²) in [5.74, 6) is 0.179. The monoisotopic (exact) mass is 329 g/mol. The number of nitrogens with one attached hydrogen (secondary N) is 3. The molecule has 7 heteroatoms. The van der Waals surface area contributed by atoms with E-state index >= 15 is 0 Å². The molecule has 6 nitrogen and oxygen atoms in total. The molecule has 1 amide bonds. The van der Waals surface area contributed by atoms with E-state index in [1.807, 2.05) is 41.5 Å². The van der Waals surface area contributed by atoms with Crippen LogP contribution in [0.4, 0.5) is 0 Å². The predicted molar refractivity (Wildman–Crippen MR) is 87.2 cm³/mol. The number of amides is 1. The first-order chi connectivity index (χ1) is 10.0. The molecule has 0 saturated carbocycles. The lowest BCUT2D eigenvalue weighted by Crippen LogP contribution is -2.36. The van der Waals surface area contributed by atoms with Crippen LogP contribution in [-0.2, 0) is 10.0 Å². The van der Waals surface area contributed by atoms with E-state index in [0.29, 0.717) is 5.92 Å². The van der Waals surface area contributed by atoms with Crippen molar-refractivity contribution >= 4 is 15.9 Å². The van der Waals surface area contributed by atoms with Gasteiger partial charge in [-0.05, 0) is 31.7 Å². The van der Waals surface area contributed by atoms with Gasteiger partial charge in [-0.3, -0.25) is 4.79 Å². The van der Waals surface area contributed by atoms with Gasteiger partial charge in [0.2, 0.25) is 10.0 Å². The molecule has 1 aromatic rings. The number of sulfonamides is 1. The van der Waals surface area contributed by atoms with Crippen LogP contribution < -0.4 is 10.0 Å². The summed E-state index contributed by atoms with van der Waals surface area (Å²) in [5.41, 5.74) is 0.241. The summed E-state index contributed by atoms with van der Waals surface area (Å²) in [5, 5.41) is 2.83. The van der Waals surface area contributed by atoms with Crippen molar-refractivity contribution in [1.82, 2.24) is 15.0 Å². The highest BCUT2D eigenvalue weighted by atomic mass is 32.2. The molecule has 0 aliphatic rings. The Hall–Kier alpha value is -1.34. The Morgan fingerprint density at radius 1 is 1.05 bits per heavy atom. The molecule has 0 radical (unpaired) electrons. The lowest BCUT2D eigenvalue weighted by Gasteiger charge is -2.17. The smallest absolute Gasteiger partial charge is 0.267 e. The molecule has 3 N–H and O–H groups in total. The fraction of sp³-hybridized carbons (Fsp3) is 0.667. The molecule has 0 bridgehead atoms. The number of hydrogen-bond acceptors (Lipinski definition) is 3. The molecule has 126 valence electrons. The van der Waals surface area contributed by atoms with Crippen LogP contribution in [0.2, 0.25) is 0 Å². The summed E-state index contributed by atoms with van der Waals surface area (Å²) >= 11 is 0. The van der Waals surface area contributed by atoms with Crippen molar-refractivity contribution in [3.8, 4) is 0 Å². The number of carbonyl (C=O) groups is 1. The predicted octanol–water partition coefficient (Wildman–Crippen LogP) is 2.11. The zero-order chi connectivity index (χ0) is 17.1. The van der Waals surface area contributed by atoms with E-state index in [1.165, 1.54) is 12.3 Å². The van der Waals surface area contributed by atoms with Gasteiger partial charge in [0.05, 0.1) is 0 Å². The molecule has 0 unspecified atom stereocenters. The van der Waals surface area contributed by atoms with Gasteiger partial charge in [-0.25, -0.2) is 13.1 Å². The van der Waals surface area contributed by atoms with Crippen LogP contribution in [0, 0.1) is 11.8 Å². The zero-order valence-electron chi connectivity index (χ0n) is 14.1. The summed E-state index contributed by atoms with van der Waals surface area (Å²) in [6.07, 6.45) is 1.34. The maximum Gasteiger partial charge on any atom is 0.267 e. The van der Waals surface area contributed by atoms with E-state index in [4.69, 9.17) is 0 Å². The van der Waals surface area contributed by atoms with Gasteiger partial charge in [0, 0.05) is 18.3 Å². The van der Waals surface area contributed by atoms with Crippen LogP contribution in [0.5, 0.6) is 0 Å². The maximum absolute atomic E-state index is 12.3. The number of aromatic amines is 1. The van der Waals surface area contributed by atoms with E-state index in [2.05, 4.69) is 15.0 Å². The Labute approximate surface area is 133 Å². The minimum Gasteiger partial charge on any atom is -0.356 e. The Bertz CT molecular complexity index is 605. The summed E-state index contributed by atoms with van der Waals surface area (Å²) in [7, 11) is -3.62. The van der Waals surface area contributed by atoms with E-state index in [1.54, 1.807) is 0 Å². The number of rotatable bonds is 7. The third-order valence-corrected chi connectivity index (χ3v) is 5.45. The Balaban J connectivity index is 2.85. The van der Waals surface area contributed by atoms with E-state index in [9.17, 15) is 13.2 Å². The van der Waals surface area contributed by atoms with Crippen LogP contribution >= 0.6 is 0 Å². The van der Waals surface area contributed by atoms with E-state index < -0.39 is 10.0 Å². The Kier molecular flexibility index (Phi) is 6.19. The van der Waals surface area contributed by atoms with Crippen molar-refractivity contribution in [2.75, 3.05) is 0 Å². The first-order valence-electron chi connectivity index (χ1n) is 7.56. The molecule has 2 atom stereocenters. The zero-order valence-corrected chi connectivity index (χ0v) is 14.9. The van der Waals surface area contributed by atoms with Gasteiger partial charge < -0.3 is 10.3 Å². The quantitative estimate of drug-likeness (QED) is 0.715. The van der Waals surface area contributed by atoms with Crippen molar-refractivity contribution < 1.29 is 13.2 Å². The molecule has 0 fully saturated rings. The van der Waals surface area contributed by atoms with Crippen molar-refractivity contribution in [2.45, 2.75) is 58.5 Å². The van der Waals surface area contributed by atoms with Crippen molar-refractivity contribution in [1.29, 1.82) is 0 Å². The number of hydrogen-bond donors (Lipinski definition) is 3. The van der Waals surface area contributed by atoms with Crippen LogP contribution in [-0.4, -0.2) is 31.4 Å². The SMILES string of the molecule is CC(C)[C@H](C)NC(=O)c1cc(S(=O)(=O)N[C@@H](C)C(C)C)c[nH]1. The molecule has 22 heavy (non-hydrogen) atoms. The first kappa shape index (κ1) is 18.7. The molecule has 1 aromatic heterocycles. The topological polar surface area (TPSA) is 91.1 Å². The average molecular weight is 329 g/mol. The fourth-order valence-electron chi connectivity index (χ4n) is 1.56. The van der Waals surface area contributed by atoms with Gasteiger partial charge in [-0.15, -0.1) is 0 Å². The molecule has 0 aromatic carbocycles. The summed E-state index contributed by atoms with van der Waals surface area (Å²) < 4.78 is 27.1. The van der Waals surface area contributed by atoms with Crippen molar-refractivity contribution in [2.24, 2.45) is 11.8 Å².